The summed E-state index contributed by atoms with van der Waals surface area (Å²) in [6, 6.07) is 5.26. The summed E-state index contributed by atoms with van der Waals surface area (Å²) in [5.41, 5.74) is 0.474. The average molecular weight is 330 g/mol. The van der Waals surface area contributed by atoms with E-state index in [4.69, 9.17) is 23.2 Å². The number of ketones is 1. The van der Waals surface area contributed by atoms with Crippen LogP contribution in [0.5, 0.6) is 0 Å². The zero-order chi connectivity index (χ0) is 15.4. The lowest BCUT2D eigenvalue weighted by molar-refractivity contribution is 0.0315. The number of carbonyl (C=O) groups excluding carboxylic acids is 1. The first-order chi connectivity index (χ1) is 10.0. The van der Waals surface area contributed by atoms with Crippen LogP contribution in [-0.4, -0.2) is 41.5 Å². The Hall–Kier alpha value is -0.610. The molecule has 21 heavy (non-hydrogen) atoms. The Morgan fingerprint density at radius 2 is 2.05 bits per heavy atom. The van der Waals surface area contributed by atoms with E-state index in [0.717, 1.165) is 25.7 Å². The molecule has 0 spiro atoms. The van der Waals surface area contributed by atoms with Gasteiger partial charge in [-0.25, -0.2) is 0 Å². The lowest BCUT2D eigenvalue weighted by atomic mass is 9.91. The van der Waals surface area contributed by atoms with E-state index < -0.39 is 0 Å². The number of halogens is 2. The summed E-state index contributed by atoms with van der Waals surface area (Å²) >= 11 is 12.0. The molecular formula is C16H21Cl2NO2. The van der Waals surface area contributed by atoms with Crippen LogP contribution in [-0.2, 0) is 0 Å². The number of aliphatic hydroxyl groups is 1. The number of rotatable bonds is 5. The minimum absolute atomic E-state index is 0.0142. The van der Waals surface area contributed by atoms with Crippen molar-refractivity contribution in [3.8, 4) is 0 Å². The van der Waals surface area contributed by atoms with Crippen LogP contribution in [0.3, 0.4) is 0 Å². The Morgan fingerprint density at radius 3 is 2.76 bits per heavy atom. The van der Waals surface area contributed by atoms with Gasteiger partial charge in [-0.05, 0) is 32.0 Å². The van der Waals surface area contributed by atoms with Crippen molar-refractivity contribution >= 4 is 29.0 Å². The zero-order valence-electron chi connectivity index (χ0n) is 12.2. The van der Waals surface area contributed by atoms with Crippen molar-refractivity contribution in [2.24, 2.45) is 0 Å². The minimum atomic E-state index is -0.284. The van der Waals surface area contributed by atoms with Crippen LogP contribution in [0, 0.1) is 0 Å². The van der Waals surface area contributed by atoms with Crippen LogP contribution >= 0.6 is 23.2 Å². The predicted molar refractivity (Wildman–Crippen MR) is 86.3 cm³/mol. The van der Waals surface area contributed by atoms with Gasteiger partial charge in [0.25, 0.3) is 0 Å². The number of nitrogens with zero attached hydrogens (tertiary/aromatic N) is 1. The van der Waals surface area contributed by atoms with Crippen LogP contribution in [0.4, 0.5) is 0 Å². The van der Waals surface area contributed by atoms with Gasteiger partial charge in [0, 0.05) is 24.6 Å². The number of Topliss-reactive ketones (excluding diaryl/α,β-unsaturated/α-hetero) is 1. The molecule has 5 heteroatoms. The van der Waals surface area contributed by atoms with Crippen LogP contribution in [0.15, 0.2) is 18.2 Å². The maximum atomic E-state index is 12.3. The Kier molecular flexibility index (Phi) is 6.06. The molecule has 1 aliphatic carbocycles. The Balaban J connectivity index is 1.93. The number of aliphatic hydroxyl groups excluding tert-OH is 1. The van der Waals surface area contributed by atoms with Crippen molar-refractivity contribution in [1.82, 2.24) is 4.90 Å². The van der Waals surface area contributed by atoms with E-state index in [1.165, 1.54) is 0 Å². The van der Waals surface area contributed by atoms with Crippen molar-refractivity contribution in [3.63, 3.8) is 0 Å². The highest BCUT2D eigenvalue weighted by molar-refractivity contribution is 6.43. The molecule has 1 N–H and O–H groups in total. The van der Waals surface area contributed by atoms with Gasteiger partial charge in [0.05, 0.1) is 16.1 Å². The Morgan fingerprint density at radius 1 is 1.33 bits per heavy atom. The van der Waals surface area contributed by atoms with E-state index in [-0.39, 0.29) is 17.9 Å². The van der Waals surface area contributed by atoms with E-state index in [9.17, 15) is 9.90 Å². The smallest absolute Gasteiger partial charge is 0.165 e. The maximum absolute atomic E-state index is 12.3. The van der Waals surface area contributed by atoms with Crippen LogP contribution in [0.2, 0.25) is 10.0 Å². The topological polar surface area (TPSA) is 40.5 Å². The van der Waals surface area contributed by atoms with Crippen molar-refractivity contribution in [2.75, 3.05) is 13.6 Å². The minimum Gasteiger partial charge on any atom is -0.391 e. The Labute approximate surface area is 135 Å². The summed E-state index contributed by atoms with van der Waals surface area (Å²) in [6.45, 7) is 0.614. The van der Waals surface area contributed by atoms with Gasteiger partial charge in [-0.2, -0.15) is 0 Å². The lowest BCUT2D eigenvalue weighted by Crippen LogP contribution is -2.44. The van der Waals surface area contributed by atoms with Gasteiger partial charge >= 0.3 is 0 Å². The van der Waals surface area contributed by atoms with Crippen molar-refractivity contribution in [1.29, 1.82) is 0 Å². The fraction of sp³-hybridized carbons (Fsp3) is 0.562. The normalized spacial score (nSPS) is 22.5. The molecule has 0 saturated heterocycles. The Bertz CT molecular complexity index is 507. The molecule has 2 atom stereocenters. The third-order valence-electron chi connectivity index (χ3n) is 4.20. The van der Waals surface area contributed by atoms with E-state index in [1.807, 2.05) is 7.05 Å². The number of hydrogen-bond acceptors (Lipinski definition) is 3. The van der Waals surface area contributed by atoms with Crippen LogP contribution in [0.1, 0.15) is 42.5 Å². The molecule has 0 amide bonds. The molecule has 1 aromatic carbocycles. The number of hydrogen-bond donors (Lipinski definition) is 1. The van der Waals surface area contributed by atoms with Gasteiger partial charge in [-0.3, -0.25) is 4.79 Å². The summed E-state index contributed by atoms with van der Waals surface area (Å²) < 4.78 is 0. The summed E-state index contributed by atoms with van der Waals surface area (Å²) in [5.74, 6) is -0.0142. The van der Waals surface area contributed by atoms with Crippen molar-refractivity contribution in [3.05, 3.63) is 33.8 Å². The largest absolute Gasteiger partial charge is 0.391 e. The van der Waals surface area contributed by atoms with E-state index in [2.05, 4.69) is 4.90 Å². The van der Waals surface area contributed by atoms with Crippen molar-refractivity contribution in [2.45, 2.75) is 44.2 Å². The first-order valence-electron chi connectivity index (χ1n) is 7.36. The van der Waals surface area contributed by atoms with Gasteiger partial charge < -0.3 is 10.0 Å². The molecule has 3 nitrogen and oxygen atoms in total. The summed E-state index contributed by atoms with van der Waals surface area (Å²) in [4.78, 5) is 14.3. The first-order valence-corrected chi connectivity index (χ1v) is 8.12. The highest BCUT2D eigenvalue weighted by Gasteiger charge is 2.26. The molecule has 1 saturated carbocycles. The number of benzene rings is 1. The second-order valence-electron chi connectivity index (χ2n) is 5.67. The van der Waals surface area contributed by atoms with Gasteiger partial charge in [0.1, 0.15) is 0 Å². The SMILES string of the molecule is CN(CCC(=O)c1cccc(Cl)c1Cl)C1CCCCC1O. The van der Waals surface area contributed by atoms with Gasteiger partial charge in [0.2, 0.25) is 0 Å². The molecule has 2 unspecified atom stereocenters. The van der Waals surface area contributed by atoms with E-state index in [1.54, 1.807) is 18.2 Å². The third-order valence-corrected chi connectivity index (χ3v) is 5.02. The molecule has 2 rings (SSSR count). The molecule has 0 aromatic heterocycles. The van der Waals surface area contributed by atoms with Gasteiger partial charge in [-0.15, -0.1) is 0 Å². The molecule has 0 bridgehead atoms. The molecular weight excluding hydrogens is 309 g/mol. The monoisotopic (exact) mass is 329 g/mol. The average Bonchev–Trinajstić information content (AvgIpc) is 2.47. The summed E-state index contributed by atoms with van der Waals surface area (Å²) in [7, 11) is 1.96. The molecule has 116 valence electrons. The first kappa shape index (κ1) is 16.8. The van der Waals surface area contributed by atoms with Gasteiger partial charge in [-0.1, -0.05) is 42.1 Å². The lowest BCUT2D eigenvalue weighted by Gasteiger charge is -2.35. The second-order valence-corrected chi connectivity index (χ2v) is 6.46. The molecule has 1 aromatic rings. The number of likely N-dealkylation sites (N-methyl/N-ethyl adjacent to an activating group) is 1. The summed E-state index contributed by atoms with van der Waals surface area (Å²) in [5, 5.41) is 10.8. The fourth-order valence-corrected chi connectivity index (χ4v) is 3.31. The third kappa shape index (κ3) is 4.19. The highest BCUT2D eigenvalue weighted by Crippen LogP contribution is 2.27. The molecule has 0 heterocycles. The number of carbonyl (C=O) groups is 1. The van der Waals surface area contributed by atoms with Crippen molar-refractivity contribution < 1.29 is 9.90 Å². The van der Waals surface area contributed by atoms with E-state index in [0.29, 0.717) is 28.6 Å². The molecule has 0 aliphatic heterocycles. The van der Waals surface area contributed by atoms with Crippen LogP contribution in [0.25, 0.3) is 0 Å². The quantitative estimate of drug-likeness (QED) is 0.835. The molecule has 0 radical (unpaired) electrons. The second kappa shape index (κ2) is 7.59. The molecule has 1 aliphatic rings. The van der Waals surface area contributed by atoms with E-state index >= 15 is 0 Å². The highest BCUT2D eigenvalue weighted by atomic mass is 35.5. The zero-order valence-corrected chi connectivity index (χ0v) is 13.7. The maximum Gasteiger partial charge on any atom is 0.165 e. The van der Waals surface area contributed by atoms with Gasteiger partial charge in [0.15, 0.2) is 5.78 Å². The standard InChI is InChI=1S/C16H21Cl2NO2/c1-19(13-7-2-3-8-15(13)21)10-9-14(20)11-5-4-6-12(17)16(11)18/h4-6,13,15,21H,2-3,7-10H2,1H3. The molecule has 1 fully saturated rings. The van der Waals surface area contributed by atoms with Crippen LogP contribution < -0.4 is 0 Å². The predicted octanol–water partition coefficient (Wildman–Crippen LogP) is 3.80. The fourth-order valence-electron chi connectivity index (χ4n) is 2.90. The summed E-state index contributed by atoms with van der Waals surface area (Å²) in [6.07, 6.45) is 4.16.